The van der Waals surface area contributed by atoms with E-state index < -0.39 is 17.4 Å². The minimum Gasteiger partial charge on any atom is -0.451 e. The van der Waals surface area contributed by atoms with Gasteiger partial charge in [-0.2, -0.15) is 0 Å². The van der Waals surface area contributed by atoms with E-state index in [4.69, 9.17) is 16.0 Å². The van der Waals surface area contributed by atoms with E-state index in [1.165, 1.54) is 6.07 Å². The van der Waals surface area contributed by atoms with Crippen LogP contribution in [0.25, 0.3) is 21.7 Å². The molecule has 3 heterocycles. The van der Waals surface area contributed by atoms with Gasteiger partial charge in [0, 0.05) is 68.9 Å². The second-order valence-corrected chi connectivity index (χ2v) is 12.8. The van der Waals surface area contributed by atoms with Crippen LogP contribution in [0.3, 0.4) is 0 Å². The number of hydrogen-bond acceptors (Lipinski definition) is 6. The molecule has 2 fully saturated rings. The highest BCUT2D eigenvalue weighted by atomic mass is 35.5. The van der Waals surface area contributed by atoms with E-state index in [1.807, 2.05) is 59.5 Å². The Labute approximate surface area is 282 Å². The van der Waals surface area contributed by atoms with Crippen molar-refractivity contribution >= 4 is 56.8 Å². The zero-order valence-corrected chi connectivity index (χ0v) is 27.1. The first-order chi connectivity index (χ1) is 23.3. The van der Waals surface area contributed by atoms with Gasteiger partial charge in [-0.3, -0.25) is 19.2 Å². The Balaban J connectivity index is 1.11. The van der Waals surface area contributed by atoms with Gasteiger partial charge in [0.1, 0.15) is 11.6 Å². The minimum atomic E-state index is -0.898. The number of carbonyl (C=O) groups is 3. The number of anilines is 1. The van der Waals surface area contributed by atoms with E-state index in [-0.39, 0.29) is 35.0 Å². The molecule has 5 aromatic rings. The molecule has 7 rings (SSSR count). The van der Waals surface area contributed by atoms with Crippen molar-refractivity contribution in [3.8, 4) is 0 Å². The fourth-order valence-corrected chi connectivity index (χ4v) is 6.86. The van der Waals surface area contributed by atoms with E-state index in [2.05, 4.69) is 22.3 Å². The van der Waals surface area contributed by atoms with Crippen molar-refractivity contribution in [3.05, 3.63) is 123 Å². The summed E-state index contributed by atoms with van der Waals surface area (Å²) >= 11 is 6.06. The molecule has 0 spiro atoms. The molecule has 0 saturated carbocycles. The van der Waals surface area contributed by atoms with E-state index in [9.17, 15) is 19.2 Å². The third-order valence-corrected chi connectivity index (χ3v) is 9.46. The lowest BCUT2D eigenvalue weighted by molar-refractivity contribution is -0.133. The van der Waals surface area contributed by atoms with Crippen LogP contribution in [-0.4, -0.2) is 66.3 Å². The minimum absolute atomic E-state index is 0.177. The first-order valence-corrected chi connectivity index (χ1v) is 16.6. The van der Waals surface area contributed by atoms with Crippen molar-refractivity contribution in [2.75, 3.05) is 37.6 Å². The number of halogens is 1. The zero-order chi connectivity index (χ0) is 33.2. The van der Waals surface area contributed by atoms with Gasteiger partial charge in [-0.05, 0) is 52.6 Å². The molecule has 1 aromatic heterocycles. The van der Waals surface area contributed by atoms with Crippen molar-refractivity contribution in [2.45, 2.75) is 31.8 Å². The summed E-state index contributed by atoms with van der Waals surface area (Å²) in [5.41, 5.74) is 2.89. The number of benzene rings is 4. The highest BCUT2D eigenvalue weighted by molar-refractivity contribution is 6.31. The molecular formula is C38H35ClN4O5. The number of nitrogens with one attached hydrogen (secondary N) is 1. The standard InChI is InChI=1S/C38H35ClN4O5/c39-29-13-14-34-30(22-29)33(44)23-35(48-34)37(46)40-31(21-25-11-12-26-6-1-2-7-27(26)20-25)38(47)42-18-16-41(17-19-42)32-9-4-3-8-28(32)24-43-15-5-10-36(43)45/h1-4,6-9,11-14,20,22-23,31H,5,10,15-19,21,24H2,(H,40,46)/t31-/m1/s1. The van der Waals surface area contributed by atoms with Crippen LogP contribution in [-0.2, 0) is 22.6 Å². The first kappa shape index (κ1) is 31.4. The Morgan fingerprint density at radius 1 is 0.833 bits per heavy atom. The van der Waals surface area contributed by atoms with Crippen molar-refractivity contribution < 1.29 is 18.8 Å². The number of piperazine rings is 1. The second-order valence-electron chi connectivity index (χ2n) is 12.4. The van der Waals surface area contributed by atoms with E-state index in [1.54, 1.807) is 17.0 Å². The lowest BCUT2D eigenvalue weighted by Crippen LogP contribution is -2.55. The Bertz CT molecular complexity index is 2090. The zero-order valence-electron chi connectivity index (χ0n) is 26.4. The van der Waals surface area contributed by atoms with E-state index >= 15 is 0 Å². The van der Waals surface area contributed by atoms with Crippen LogP contribution in [0.5, 0.6) is 0 Å². The lowest BCUT2D eigenvalue weighted by Gasteiger charge is -2.38. The van der Waals surface area contributed by atoms with Crippen LogP contribution in [0.15, 0.2) is 100 Å². The molecule has 0 radical (unpaired) electrons. The van der Waals surface area contributed by atoms with Gasteiger partial charge in [-0.1, -0.05) is 72.3 Å². The molecule has 0 aliphatic carbocycles. The molecule has 9 nitrogen and oxygen atoms in total. The maximum Gasteiger partial charge on any atom is 0.287 e. The molecule has 10 heteroatoms. The maximum absolute atomic E-state index is 14.2. The van der Waals surface area contributed by atoms with Crippen molar-refractivity contribution in [1.82, 2.24) is 15.1 Å². The third kappa shape index (κ3) is 6.64. The molecule has 2 aliphatic heterocycles. The summed E-state index contributed by atoms with van der Waals surface area (Å²) < 4.78 is 5.79. The Kier molecular flexibility index (Phi) is 8.86. The van der Waals surface area contributed by atoms with E-state index in [0.29, 0.717) is 44.2 Å². The van der Waals surface area contributed by atoms with Gasteiger partial charge in [-0.25, -0.2) is 0 Å². The number of nitrogens with zero attached hydrogens (tertiary/aromatic N) is 3. The van der Waals surface area contributed by atoms with Gasteiger partial charge < -0.3 is 24.4 Å². The summed E-state index contributed by atoms with van der Waals surface area (Å²) in [6.07, 6.45) is 1.75. The maximum atomic E-state index is 14.2. The average Bonchev–Trinajstić information content (AvgIpc) is 3.51. The quantitative estimate of drug-likeness (QED) is 0.238. The van der Waals surface area contributed by atoms with Crippen LogP contribution in [0, 0.1) is 0 Å². The summed E-state index contributed by atoms with van der Waals surface area (Å²) in [6.45, 7) is 3.49. The number of hydrogen-bond donors (Lipinski definition) is 1. The normalized spacial score (nSPS) is 15.7. The molecule has 0 unspecified atom stereocenters. The molecule has 0 bridgehead atoms. The molecule has 48 heavy (non-hydrogen) atoms. The largest absolute Gasteiger partial charge is 0.451 e. The van der Waals surface area contributed by atoms with Crippen molar-refractivity contribution in [2.24, 2.45) is 0 Å². The van der Waals surface area contributed by atoms with Gasteiger partial charge >= 0.3 is 0 Å². The van der Waals surface area contributed by atoms with Crippen LogP contribution in [0.2, 0.25) is 5.02 Å². The molecular weight excluding hydrogens is 628 g/mol. The fraction of sp³-hybridized carbons (Fsp3) is 0.263. The number of rotatable bonds is 8. The number of fused-ring (bicyclic) bond motifs is 2. The number of amides is 3. The summed E-state index contributed by atoms with van der Waals surface area (Å²) in [7, 11) is 0. The van der Waals surface area contributed by atoms with Gasteiger partial charge in [0.2, 0.25) is 11.8 Å². The number of carbonyl (C=O) groups excluding carboxylic acids is 3. The summed E-state index contributed by atoms with van der Waals surface area (Å²) in [5.74, 6) is -0.842. The molecule has 244 valence electrons. The molecule has 2 aliphatic rings. The average molecular weight is 663 g/mol. The summed E-state index contributed by atoms with van der Waals surface area (Å²) in [6, 6.07) is 27.0. The Morgan fingerprint density at radius 3 is 2.40 bits per heavy atom. The molecule has 1 N–H and O–H groups in total. The predicted octanol–water partition coefficient (Wildman–Crippen LogP) is 5.41. The molecule has 2 saturated heterocycles. The topological polar surface area (TPSA) is 103 Å². The van der Waals surface area contributed by atoms with Gasteiger partial charge in [0.15, 0.2) is 11.2 Å². The van der Waals surface area contributed by atoms with E-state index in [0.717, 1.165) is 46.6 Å². The van der Waals surface area contributed by atoms with Gasteiger partial charge in [-0.15, -0.1) is 0 Å². The Morgan fingerprint density at radius 2 is 1.60 bits per heavy atom. The second kappa shape index (κ2) is 13.5. The lowest BCUT2D eigenvalue weighted by atomic mass is 10.0. The SMILES string of the molecule is O=C(N[C@H](Cc1ccc2ccccc2c1)C(=O)N1CCN(c2ccccc2CN2CCCC2=O)CC1)c1cc(=O)c2cc(Cl)ccc2o1. The van der Waals surface area contributed by atoms with Crippen LogP contribution >= 0.6 is 11.6 Å². The third-order valence-electron chi connectivity index (χ3n) is 9.23. The highest BCUT2D eigenvalue weighted by Gasteiger charge is 2.31. The smallest absolute Gasteiger partial charge is 0.287 e. The summed E-state index contributed by atoms with van der Waals surface area (Å²) in [4.78, 5) is 58.8. The predicted molar refractivity (Wildman–Crippen MR) is 186 cm³/mol. The molecule has 1 atom stereocenters. The highest BCUT2D eigenvalue weighted by Crippen LogP contribution is 2.26. The van der Waals surface area contributed by atoms with Crippen LogP contribution in [0.1, 0.15) is 34.5 Å². The number of para-hydroxylation sites is 1. The summed E-state index contributed by atoms with van der Waals surface area (Å²) in [5, 5.41) is 5.66. The monoisotopic (exact) mass is 662 g/mol. The van der Waals surface area contributed by atoms with Crippen LogP contribution in [0.4, 0.5) is 5.69 Å². The fourth-order valence-electron chi connectivity index (χ4n) is 6.69. The van der Waals surface area contributed by atoms with Crippen LogP contribution < -0.4 is 15.6 Å². The van der Waals surface area contributed by atoms with Gasteiger partial charge in [0.25, 0.3) is 5.91 Å². The number of likely N-dealkylation sites (tertiary alicyclic amines) is 1. The van der Waals surface area contributed by atoms with Crippen molar-refractivity contribution in [1.29, 1.82) is 0 Å². The molecule has 4 aromatic carbocycles. The Hall–Kier alpha value is -5.15. The van der Waals surface area contributed by atoms with Gasteiger partial charge in [0.05, 0.1) is 5.39 Å². The first-order valence-electron chi connectivity index (χ1n) is 16.2. The van der Waals surface area contributed by atoms with Crippen molar-refractivity contribution in [3.63, 3.8) is 0 Å². The molecule has 3 amide bonds.